The van der Waals surface area contributed by atoms with Crippen LogP contribution in [-0.2, 0) is 13.2 Å². The number of fused-ring (bicyclic) bond motifs is 10. The van der Waals surface area contributed by atoms with E-state index < -0.39 is 0 Å². The third-order valence-electron chi connectivity index (χ3n) is 11.1. The van der Waals surface area contributed by atoms with Gasteiger partial charge in [-0.05, 0) is 81.9 Å². The van der Waals surface area contributed by atoms with Gasteiger partial charge in [0, 0.05) is 23.2 Å². The first kappa shape index (κ1) is 35.4. The molecule has 0 radical (unpaired) electrons. The lowest BCUT2D eigenvalue weighted by Gasteiger charge is -2.30. The molecule has 0 saturated carbocycles. The van der Waals surface area contributed by atoms with Gasteiger partial charge in [0.15, 0.2) is 0 Å². The quantitative estimate of drug-likeness (QED) is 0.178. The van der Waals surface area contributed by atoms with Crippen LogP contribution in [0, 0.1) is 0 Å². The highest BCUT2D eigenvalue weighted by Gasteiger charge is 2.28. The van der Waals surface area contributed by atoms with Gasteiger partial charge in [0.25, 0.3) is 0 Å². The fraction of sp³-hybridized carbons (Fsp3) is 0.157. The van der Waals surface area contributed by atoms with Gasteiger partial charge in [0.05, 0.1) is 23.5 Å². The Morgan fingerprint density at radius 3 is 1.38 bits per heavy atom. The van der Waals surface area contributed by atoms with Crippen molar-refractivity contribution in [3.05, 3.63) is 221 Å². The van der Waals surface area contributed by atoms with E-state index >= 15 is 0 Å². The molecule has 4 bridgehead atoms. The van der Waals surface area contributed by atoms with E-state index in [2.05, 4.69) is 182 Å². The fourth-order valence-electron chi connectivity index (χ4n) is 8.18. The molecule has 2 heterocycles. The highest BCUT2D eigenvalue weighted by molar-refractivity contribution is 5.90. The number of pyridine rings is 1. The van der Waals surface area contributed by atoms with E-state index in [0.717, 1.165) is 66.7 Å². The van der Waals surface area contributed by atoms with Crippen molar-refractivity contribution in [1.82, 2.24) is 15.6 Å². The number of benzene rings is 7. The second-order valence-electron chi connectivity index (χ2n) is 14.7. The Hall–Kier alpha value is -6.27. The maximum Gasteiger partial charge on any atom is 0.130 e. The zero-order valence-electron chi connectivity index (χ0n) is 31.7. The lowest BCUT2D eigenvalue weighted by molar-refractivity contribution is 0.285. The summed E-state index contributed by atoms with van der Waals surface area (Å²) < 4.78 is 13.6. The molecule has 2 N–H and O–H groups in total. The third-order valence-corrected chi connectivity index (χ3v) is 11.1. The molecule has 1 aliphatic heterocycles. The van der Waals surface area contributed by atoms with Crippen LogP contribution in [0.25, 0.3) is 21.5 Å². The van der Waals surface area contributed by atoms with Crippen LogP contribution in [0.4, 0.5) is 0 Å². The second kappa shape index (κ2) is 15.8. The van der Waals surface area contributed by atoms with E-state index in [9.17, 15) is 0 Å². The minimum absolute atomic E-state index is 0.0331. The number of hydrogen-bond acceptors (Lipinski definition) is 5. The van der Waals surface area contributed by atoms with E-state index in [1.165, 1.54) is 11.1 Å². The predicted octanol–water partition coefficient (Wildman–Crippen LogP) is 11.7. The molecule has 1 aliphatic rings. The summed E-state index contributed by atoms with van der Waals surface area (Å²) >= 11 is 0. The van der Waals surface area contributed by atoms with Crippen molar-refractivity contribution < 1.29 is 9.47 Å². The molecule has 8 aromatic rings. The summed E-state index contributed by atoms with van der Waals surface area (Å²) in [6.07, 6.45) is 0. The fourth-order valence-corrected chi connectivity index (χ4v) is 8.18. The van der Waals surface area contributed by atoms with Crippen LogP contribution < -0.4 is 20.1 Å². The van der Waals surface area contributed by atoms with Gasteiger partial charge in [-0.15, -0.1) is 0 Å². The van der Waals surface area contributed by atoms with Crippen molar-refractivity contribution in [2.24, 2.45) is 0 Å². The normalized spacial score (nSPS) is 16.5. The lowest BCUT2D eigenvalue weighted by Crippen LogP contribution is -2.28. The summed E-state index contributed by atoms with van der Waals surface area (Å²) in [5, 5.41) is 12.8. The maximum atomic E-state index is 6.80. The molecule has 9 rings (SSSR count). The number of aromatic nitrogens is 1. The Morgan fingerprint density at radius 2 is 0.893 bits per heavy atom. The lowest BCUT2D eigenvalue weighted by atomic mass is 9.87. The van der Waals surface area contributed by atoms with Crippen LogP contribution in [0.3, 0.4) is 0 Å². The van der Waals surface area contributed by atoms with Crippen molar-refractivity contribution in [3.63, 3.8) is 0 Å². The first-order valence-corrected chi connectivity index (χ1v) is 19.5. The molecule has 4 atom stereocenters. The molecule has 0 fully saturated rings. The highest BCUT2D eigenvalue weighted by atomic mass is 16.5. The predicted molar refractivity (Wildman–Crippen MR) is 227 cm³/mol. The standard InChI is InChI=1S/C51H45N3O2/c1-34(36-15-5-3-6-16-36)52-50-40-21-13-22-41(31-40)51(53-35(2)37-17-7-4-8-18-37)49-45-26-12-10-20-39(45)28-30-47(49)56-33-43-24-14-23-42(54-43)32-55-46-29-27-38-19-9-11-25-44(38)48(46)50/h3-31,34-35,50-53H,32-33H2,1-2H3/t34-,35-,50-,51-/m0/s1. The van der Waals surface area contributed by atoms with Crippen molar-refractivity contribution >= 4 is 21.5 Å². The molecular formula is C51H45N3O2. The van der Waals surface area contributed by atoms with E-state index in [-0.39, 0.29) is 24.2 Å². The average molecular weight is 732 g/mol. The summed E-state index contributed by atoms with van der Waals surface area (Å²) in [7, 11) is 0. The highest BCUT2D eigenvalue weighted by Crippen LogP contribution is 2.42. The minimum Gasteiger partial charge on any atom is -0.487 e. The SMILES string of the molecule is C[C@H](N[C@H]1c2cccc(c2)[C@H](N[C@@H](C)c2ccccc2)c2c(ccc3ccccc23)OCc2cccc(n2)COc2ccc3ccccc3c21)c1ccccc1. The Morgan fingerprint density at radius 1 is 0.464 bits per heavy atom. The van der Waals surface area contributed by atoms with Gasteiger partial charge in [-0.3, -0.25) is 15.6 Å². The monoisotopic (exact) mass is 731 g/mol. The van der Waals surface area contributed by atoms with E-state index in [1.807, 2.05) is 18.2 Å². The van der Waals surface area contributed by atoms with E-state index in [1.54, 1.807) is 0 Å². The molecule has 5 heteroatoms. The van der Waals surface area contributed by atoms with Gasteiger partial charge in [0.1, 0.15) is 24.7 Å². The largest absolute Gasteiger partial charge is 0.487 e. The molecule has 1 aromatic heterocycles. The first-order valence-electron chi connectivity index (χ1n) is 19.5. The molecule has 7 aromatic carbocycles. The smallest absolute Gasteiger partial charge is 0.130 e. The second-order valence-corrected chi connectivity index (χ2v) is 14.7. The van der Waals surface area contributed by atoms with Crippen LogP contribution in [-0.4, -0.2) is 4.98 Å². The van der Waals surface area contributed by atoms with Gasteiger partial charge in [-0.2, -0.15) is 0 Å². The van der Waals surface area contributed by atoms with Crippen LogP contribution in [0.2, 0.25) is 0 Å². The Balaban J connectivity index is 1.29. The molecule has 0 saturated heterocycles. The van der Waals surface area contributed by atoms with Gasteiger partial charge < -0.3 is 9.47 Å². The van der Waals surface area contributed by atoms with Crippen LogP contribution in [0.15, 0.2) is 176 Å². The molecule has 0 unspecified atom stereocenters. The number of ether oxygens (including phenoxy) is 2. The Labute approximate surface area is 329 Å². The maximum absolute atomic E-state index is 6.80. The number of nitrogens with one attached hydrogen (secondary N) is 2. The van der Waals surface area contributed by atoms with Crippen LogP contribution in [0.1, 0.15) is 82.8 Å². The molecule has 0 amide bonds. The van der Waals surface area contributed by atoms with Crippen molar-refractivity contribution in [2.75, 3.05) is 0 Å². The summed E-state index contributed by atoms with van der Waals surface area (Å²) in [5.74, 6) is 1.65. The van der Waals surface area contributed by atoms with Crippen LogP contribution in [0.5, 0.6) is 11.5 Å². The average Bonchev–Trinajstić information content (AvgIpc) is 3.26. The van der Waals surface area contributed by atoms with E-state index in [0.29, 0.717) is 13.2 Å². The number of nitrogens with zero attached hydrogens (tertiary/aromatic N) is 1. The topological polar surface area (TPSA) is 55.4 Å². The zero-order valence-corrected chi connectivity index (χ0v) is 31.7. The summed E-state index contributed by atoms with van der Waals surface area (Å²) in [5.41, 5.74) is 8.60. The molecule has 0 aliphatic carbocycles. The molecular weight excluding hydrogens is 687 g/mol. The molecule has 56 heavy (non-hydrogen) atoms. The van der Waals surface area contributed by atoms with Crippen molar-refractivity contribution in [3.8, 4) is 11.5 Å². The van der Waals surface area contributed by atoms with Crippen molar-refractivity contribution in [1.29, 1.82) is 0 Å². The summed E-state index contributed by atoms with van der Waals surface area (Å²) in [6.45, 7) is 5.13. The van der Waals surface area contributed by atoms with Gasteiger partial charge >= 0.3 is 0 Å². The molecule has 276 valence electrons. The van der Waals surface area contributed by atoms with Crippen LogP contribution >= 0.6 is 0 Å². The van der Waals surface area contributed by atoms with Crippen molar-refractivity contribution in [2.45, 2.75) is 51.2 Å². The van der Waals surface area contributed by atoms with Gasteiger partial charge in [0.2, 0.25) is 0 Å². The van der Waals surface area contributed by atoms with Gasteiger partial charge in [-0.1, -0.05) is 152 Å². The Bertz CT molecular complexity index is 2430. The van der Waals surface area contributed by atoms with Gasteiger partial charge in [-0.25, -0.2) is 0 Å². The summed E-state index contributed by atoms with van der Waals surface area (Å²) in [4.78, 5) is 5.03. The first-order chi connectivity index (χ1) is 27.6. The summed E-state index contributed by atoms with van der Waals surface area (Å²) in [6, 6.07) is 61.9. The number of rotatable bonds is 6. The minimum atomic E-state index is -0.228. The number of hydrogen-bond donors (Lipinski definition) is 2. The third kappa shape index (κ3) is 7.27. The molecule has 5 nitrogen and oxygen atoms in total. The zero-order chi connectivity index (χ0) is 37.8. The van der Waals surface area contributed by atoms with E-state index in [4.69, 9.17) is 14.5 Å². The Kier molecular flexibility index (Phi) is 10.0. The molecule has 0 spiro atoms.